The molecule has 1 aromatic carbocycles. The lowest BCUT2D eigenvalue weighted by atomic mass is 10.1. The summed E-state index contributed by atoms with van der Waals surface area (Å²) >= 11 is 0. The molecule has 4 rings (SSSR count). The third kappa shape index (κ3) is 3.62. The molecule has 0 unspecified atom stereocenters. The number of rotatable bonds is 4. The average molecular weight is 389 g/mol. The van der Waals surface area contributed by atoms with Crippen molar-refractivity contribution < 1.29 is 13.2 Å². The van der Waals surface area contributed by atoms with Gasteiger partial charge in [-0.25, -0.2) is 8.42 Å². The molecule has 2 aliphatic rings. The second-order valence-electron chi connectivity index (χ2n) is 6.90. The number of nitrogens with zero attached hydrogens (tertiary/aromatic N) is 2. The summed E-state index contributed by atoms with van der Waals surface area (Å²) in [6, 6.07) is 6.41. The van der Waals surface area contributed by atoms with Crippen molar-refractivity contribution in [3.63, 3.8) is 0 Å². The topological polar surface area (TPSA) is 107 Å². The number of hydrogen-bond donors (Lipinski definition) is 3. The third-order valence-corrected chi connectivity index (χ3v) is 6.96. The van der Waals surface area contributed by atoms with E-state index < -0.39 is 10.0 Å². The monoisotopic (exact) mass is 389 g/mol. The van der Waals surface area contributed by atoms with Crippen LogP contribution in [0.15, 0.2) is 29.2 Å². The fraction of sp³-hybridized carbons (Fsp3) is 0.444. The summed E-state index contributed by atoms with van der Waals surface area (Å²) in [4.78, 5) is 12.8. The largest absolute Gasteiger partial charge is 0.321 e. The van der Waals surface area contributed by atoms with E-state index in [9.17, 15) is 13.2 Å². The second-order valence-corrected chi connectivity index (χ2v) is 8.84. The van der Waals surface area contributed by atoms with Gasteiger partial charge in [-0.05, 0) is 31.0 Å². The lowest BCUT2D eigenvalue weighted by Gasteiger charge is -2.26. The van der Waals surface area contributed by atoms with Crippen LogP contribution in [0.3, 0.4) is 0 Å². The number of sulfonamides is 1. The predicted octanol–water partition coefficient (Wildman–Crippen LogP) is 1.48. The van der Waals surface area contributed by atoms with Crippen LogP contribution in [-0.2, 0) is 23.0 Å². The van der Waals surface area contributed by atoms with Crippen LogP contribution < -0.4 is 10.6 Å². The van der Waals surface area contributed by atoms with Crippen LogP contribution in [0.2, 0.25) is 0 Å². The van der Waals surface area contributed by atoms with Gasteiger partial charge in [-0.1, -0.05) is 12.5 Å². The molecule has 3 heterocycles. The zero-order valence-corrected chi connectivity index (χ0v) is 15.8. The first-order chi connectivity index (χ1) is 13.1. The van der Waals surface area contributed by atoms with E-state index in [2.05, 4.69) is 20.8 Å². The van der Waals surface area contributed by atoms with Crippen LogP contribution >= 0.6 is 0 Å². The smallest absolute Gasteiger partial charge is 0.276 e. The van der Waals surface area contributed by atoms with Crippen LogP contribution in [0.5, 0.6) is 0 Å². The molecule has 0 radical (unpaired) electrons. The Hall–Kier alpha value is -2.23. The minimum absolute atomic E-state index is 0.202. The molecule has 0 atom stereocenters. The Labute approximate surface area is 158 Å². The lowest BCUT2D eigenvalue weighted by Crippen LogP contribution is -2.35. The van der Waals surface area contributed by atoms with Crippen molar-refractivity contribution >= 4 is 21.6 Å². The van der Waals surface area contributed by atoms with Gasteiger partial charge in [-0.15, -0.1) is 0 Å². The number of carbonyl (C=O) groups excluding carboxylic acids is 1. The Morgan fingerprint density at radius 2 is 2.00 bits per heavy atom. The zero-order valence-electron chi connectivity index (χ0n) is 15.0. The number of anilines is 1. The molecule has 0 aliphatic carbocycles. The molecule has 9 heteroatoms. The molecule has 1 saturated heterocycles. The standard InChI is InChI=1S/C18H23N5O3S/c24-18(17-15-12-19-8-7-16(15)21-22-17)20-13-5-4-6-14(11-13)27(25,26)23-9-2-1-3-10-23/h4-6,11,19H,1-3,7-10,12H2,(H,20,24)(H,21,22). The van der Waals surface area contributed by atoms with E-state index in [1.54, 1.807) is 18.2 Å². The number of piperidine rings is 1. The first-order valence-corrected chi connectivity index (χ1v) is 10.7. The number of carbonyl (C=O) groups is 1. The SMILES string of the molecule is O=C(Nc1cccc(S(=O)(=O)N2CCCCC2)c1)c1n[nH]c2c1CNCC2. The van der Waals surface area contributed by atoms with E-state index in [1.165, 1.54) is 10.4 Å². The molecule has 0 saturated carbocycles. The maximum absolute atomic E-state index is 12.8. The fourth-order valence-corrected chi connectivity index (χ4v) is 5.16. The molecule has 27 heavy (non-hydrogen) atoms. The molecular weight excluding hydrogens is 366 g/mol. The number of nitrogens with one attached hydrogen (secondary N) is 3. The molecule has 0 spiro atoms. The molecule has 1 amide bonds. The zero-order chi connectivity index (χ0) is 18.9. The van der Waals surface area contributed by atoms with Crippen molar-refractivity contribution in [1.29, 1.82) is 0 Å². The van der Waals surface area contributed by atoms with Gasteiger partial charge < -0.3 is 10.6 Å². The van der Waals surface area contributed by atoms with Crippen LogP contribution in [0, 0.1) is 0 Å². The highest BCUT2D eigenvalue weighted by Gasteiger charge is 2.26. The molecule has 3 N–H and O–H groups in total. The number of fused-ring (bicyclic) bond motifs is 1. The Morgan fingerprint density at radius 1 is 1.19 bits per heavy atom. The highest BCUT2D eigenvalue weighted by atomic mass is 32.2. The number of benzene rings is 1. The molecule has 8 nitrogen and oxygen atoms in total. The van der Waals surface area contributed by atoms with Crippen molar-refractivity contribution in [2.45, 2.75) is 37.1 Å². The van der Waals surface area contributed by atoms with Gasteiger partial charge in [-0.2, -0.15) is 9.40 Å². The normalized spacial score (nSPS) is 18.1. The molecule has 2 aliphatic heterocycles. The second kappa shape index (κ2) is 7.41. The first kappa shape index (κ1) is 18.1. The van der Waals surface area contributed by atoms with Crippen molar-refractivity contribution in [3.05, 3.63) is 41.2 Å². The molecular formula is C18H23N5O3S. The van der Waals surface area contributed by atoms with Crippen molar-refractivity contribution in [3.8, 4) is 0 Å². The Kier molecular flexibility index (Phi) is 4.98. The van der Waals surface area contributed by atoms with Crippen LogP contribution in [0.1, 0.15) is 41.0 Å². The Morgan fingerprint density at radius 3 is 2.81 bits per heavy atom. The van der Waals surface area contributed by atoms with Crippen LogP contribution in [0.4, 0.5) is 5.69 Å². The fourth-order valence-electron chi connectivity index (χ4n) is 3.59. The highest BCUT2D eigenvalue weighted by molar-refractivity contribution is 7.89. The van der Waals surface area contributed by atoms with Crippen molar-refractivity contribution in [1.82, 2.24) is 19.8 Å². The quantitative estimate of drug-likeness (QED) is 0.734. The van der Waals surface area contributed by atoms with Crippen LogP contribution in [-0.4, -0.2) is 48.5 Å². The Balaban J connectivity index is 1.54. The highest BCUT2D eigenvalue weighted by Crippen LogP contribution is 2.23. The molecule has 1 fully saturated rings. The predicted molar refractivity (Wildman–Crippen MR) is 101 cm³/mol. The van der Waals surface area contributed by atoms with E-state index in [-0.39, 0.29) is 10.8 Å². The summed E-state index contributed by atoms with van der Waals surface area (Å²) < 4.78 is 27.2. The van der Waals surface area contributed by atoms with E-state index in [1.807, 2.05) is 0 Å². The van der Waals surface area contributed by atoms with Gasteiger partial charge in [-0.3, -0.25) is 9.89 Å². The lowest BCUT2D eigenvalue weighted by molar-refractivity contribution is 0.102. The summed E-state index contributed by atoms with van der Waals surface area (Å²) in [5, 5.41) is 13.1. The third-order valence-electron chi connectivity index (χ3n) is 5.07. The minimum Gasteiger partial charge on any atom is -0.321 e. The number of hydrogen-bond acceptors (Lipinski definition) is 5. The van der Waals surface area contributed by atoms with Crippen molar-refractivity contribution in [2.24, 2.45) is 0 Å². The van der Waals surface area contributed by atoms with Gasteiger partial charge >= 0.3 is 0 Å². The number of H-pyrrole nitrogens is 1. The van der Waals surface area contributed by atoms with Gasteiger partial charge in [0, 0.05) is 49.5 Å². The average Bonchev–Trinajstić information content (AvgIpc) is 3.13. The van der Waals surface area contributed by atoms with Gasteiger partial charge in [0.25, 0.3) is 5.91 Å². The van der Waals surface area contributed by atoms with Gasteiger partial charge in [0.2, 0.25) is 10.0 Å². The number of amides is 1. The summed E-state index contributed by atoms with van der Waals surface area (Å²) in [6.07, 6.45) is 3.63. The van der Waals surface area contributed by atoms with Crippen LogP contribution in [0.25, 0.3) is 0 Å². The minimum atomic E-state index is -3.54. The number of aromatic amines is 1. The van der Waals surface area contributed by atoms with Crippen molar-refractivity contribution in [2.75, 3.05) is 25.0 Å². The maximum atomic E-state index is 12.8. The summed E-state index contributed by atoms with van der Waals surface area (Å²) in [5.41, 5.74) is 2.64. The van der Waals surface area contributed by atoms with E-state index >= 15 is 0 Å². The van der Waals surface area contributed by atoms with Gasteiger partial charge in [0.05, 0.1) is 4.90 Å². The first-order valence-electron chi connectivity index (χ1n) is 9.24. The van der Waals surface area contributed by atoms with E-state index in [0.29, 0.717) is 31.0 Å². The summed E-state index contributed by atoms with van der Waals surface area (Å²) in [6.45, 7) is 2.54. The van der Waals surface area contributed by atoms with Gasteiger partial charge in [0.15, 0.2) is 5.69 Å². The molecule has 144 valence electrons. The summed E-state index contributed by atoms with van der Waals surface area (Å²) in [7, 11) is -3.54. The Bertz CT molecular complexity index is 948. The van der Waals surface area contributed by atoms with Gasteiger partial charge in [0.1, 0.15) is 0 Å². The van der Waals surface area contributed by atoms with E-state index in [4.69, 9.17) is 0 Å². The van der Waals surface area contributed by atoms with E-state index in [0.717, 1.165) is 43.5 Å². The molecule has 1 aromatic heterocycles. The molecule has 2 aromatic rings. The summed E-state index contributed by atoms with van der Waals surface area (Å²) in [5.74, 6) is -0.344. The maximum Gasteiger partial charge on any atom is 0.276 e. The molecule has 0 bridgehead atoms. The number of aromatic nitrogens is 2.